The molecule has 0 bridgehead atoms. The second-order valence-corrected chi connectivity index (χ2v) is 5.06. The molecule has 0 aliphatic heterocycles. The number of aryl methyl sites for hydroxylation is 1. The van der Waals surface area contributed by atoms with Crippen LogP contribution in [0.2, 0.25) is 0 Å². The summed E-state index contributed by atoms with van der Waals surface area (Å²) >= 11 is 1.33. The Morgan fingerprint density at radius 3 is 2.94 bits per heavy atom. The van der Waals surface area contributed by atoms with Crippen molar-refractivity contribution in [2.24, 2.45) is 0 Å². The molecule has 0 spiro atoms. The van der Waals surface area contributed by atoms with Gasteiger partial charge in [-0.15, -0.1) is 0 Å². The van der Waals surface area contributed by atoms with Crippen LogP contribution in [0.5, 0.6) is 0 Å². The Morgan fingerprint density at radius 2 is 2.17 bits per heavy atom. The number of pyridine rings is 1. The number of fused-ring (bicyclic) bond motifs is 3. The van der Waals surface area contributed by atoms with E-state index in [1.54, 1.807) is 6.20 Å². The SMILES string of the molecule is CCc1cccc2c1ncc1c(=O)nc(N)sc12. The van der Waals surface area contributed by atoms with E-state index in [9.17, 15) is 4.79 Å². The maximum atomic E-state index is 11.8. The normalized spacial score (nSPS) is 11.2. The summed E-state index contributed by atoms with van der Waals surface area (Å²) < 4.78 is 0.868. The van der Waals surface area contributed by atoms with Gasteiger partial charge >= 0.3 is 0 Å². The first-order chi connectivity index (χ1) is 8.70. The van der Waals surface area contributed by atoms with Crippen LogP contribution in [0, 0.1) is 0 Å². The molecule has 0 radical (unpaired) electrons. The van der Waals surface area contributed by atoms with Gasteiger partial charge in [-0.1, -0.05) is 36.5 Å². The van der Waals surface area contributed by atoms with Gasteiger partial charge in [0.05, 0.1) is 15.6 Å². The maximum Gasteiger partial charge on any atom is 0.282 e. The first-order valence-corrected chi connectivity index (χ1v) is 6.49. The van der Waals surface area contributed by atoms with Crippen LogP contribution in [-0.2, 0) is 6.42 Å². The molecule has 0 unspecified atom stereocenters. The molecule has 2 aromatic heterocycles. The monoisotopic (exact) mass is 257 g/mol. The summed E-state index contributed by atoms with van der Waals surface area (Å²) in [6, 6.07) is 6.00. The lowest BCUT2D eigenvalue weighted by atomic mass is 10.1. The Hall–Kier alpha value is -2.01. The minimum Gasteiger partial charge on any atom is -0.375 e. The van der Waals surface area contributed by atoms with Gasteiger partial charge in [0, 0.05) is 11.6 Å². The van der Waals surface area contributed by atoms with Crippen molar-refractivity contribution in [3.63, 3.8) is 0 Å². The lowest BCUT2D eigenvalue weighted by Crippen LogP contribution is -2.08. The van der Waals surface area contributed by atoms with Crippen LogP contribution in [0.1, 0.15) is 12.5 Å². The van der Waals surface area contributed by atoms with Gasteiger partial charge in [-0.05, 0) is 12.0 Å². The zero-order valence-corrected chi connectivity index (χ0v) is 10.6. The van der Waals surface area contributed by atoms with Gasteiger partial charge in [0.15, 0.2) is 5.13 Å². The fraction of sp³-hybridized carbons (Fsp3) is 0.154. The fourth-order valence-corrected chi connectivity index (χ4v) is 2.96. The number of aromatic nitrogens is 2. The summed E-state index contributed by atoms with van der Waals surface area (Å²) in [6.45, 7) is 2.09. The summed E-state index contributed by atoms with van der Waals surface area (Å²) in [7, 11) is 0. The summed E-state index contributed by atoms with van der Waals surface area (Å²) in [6.07, 6.45) is 2.51. The highest BCUT2D eigenvalue weighted by Crippen LogP contribution is 2.28. The molecular weight excluding hydrogens is 246 g/mol. The highest BCUT2D eigenvalue weighted by atomic mass is 32.1. The second-order valence-electron chi connectivity index (χ2n) is 4.03. The van der Waals surface area contributed by atoms with E-state index in [0.717, 1.165) is 22.0 Å². The standard InChI is InChI=1S/C13H11N3OS/c1-2-7-4-3-5-8-10(7)15-6-9-11(8)18-13(14)16-12(9)17/h3-6H,2H2,1H3,(H2,14,16,17). The fourth-order valence-electron chi connectivity index (χ4n) is 2.10. The second kappa shape index (κ2) is 4.03. The highest BCUT2D eigenvalue weighted by Gasteiger charge is 2.09. The molecule has 18 heavy (non-hydrogen) atoms. The predicted octanol–water partition coefficient (Wildman–Crippen LogP) is 2.35. The molecule has 2 N–H and O–H groups in total. The van der Waals surface area contributed by atoms with E-state index < -0.39 is 0 Å². The molecule has 5 heteroatoms. The van der Waals surface area contributed by atoms with Crippen molar-refractivity contribution >= 4 is 37.5 Å². The van der Waals surface area contributed by atoms with E-state index in [1.165, 1.54) is 16.9 Å². The summed E-state index contributed by atoms with van der Waals surface area (Å²) in [5.41, 5.74) is 7.47. The number of nitrogens with zero attached hydrogens (tertiary/aromatic N) is 2. The lowest BCUT2D eigenvalue weighted by molar-refractivity contribution is 1.15. The number of para-hydroxylation sites is 1. The Balaban J connectivity index is 2.58. The summed E-state index contributed by atoms with van der Waals surface area (Å²) in [5, 5.41) is 1.81. The minimum atomic E-state index is -0.308. The molecule has 3 rings (SSSR count). The van der Waals surface area contributed by atoms with Crippen molar-refractivity contribution in [2.45, 2.75) is 13.3 Å². The van der Waals surface area contributed by atoms with E-state index in [1.807, 2.05) is 12.1 Å². The van der Waals surface area contributed by atoms with Gasteiger partial charge in [0.1, 0.15) is 0 Å². The molecule has 0 aliphatic rings. The average molecular weight is 257 g/mol. The third kappa shape index (κ3) is 1.55. The largest absolute Gasteiger partial charge is 0.375 e. The van der Waals surface area contributed by atoms with Crippen LogP contribution < -0.4 is 11.3 Å². The Morgan fingerprint density at radius 1 is 1.33 bits per heavy atom. The molecule has 90 valence electrons. The van der Waals surface area contributed by atoms with Crippen molar-refractivity contribution in [3.8, 4) is 0 Å². The minimum absolute atomic E-state index is 0.293. The van der Waals surface area contributed by atoms with Crippen LogP contribution in [0.4, 0.5) is 5.13 Å². The molecule has 4 nitrogen and oxygen atoms in total. The van der Waals surface area contributed by atoms with Crippen molar-refractivity contribution < 1.29 is 0 Å². The quantitative estimate of drug-likeness (QED) is 0.679. The van der Waals surface area contributed by atoms with Gasteiger partial charge in [-0.25, -0.2) is 0 Å². The first kappa shape index (κ1) is 11.1. The van der Waals surface area contributed by atoms with E-state index in [-0.39, 0.29) is 5.56 Å². The maximum absolute atomic E-state index is 11.8. The van der Waals surface area contributed by atoms with Crippen molar-refractivity contribution in [1.29, 1.82) is 0 Å². The Labute approximate surface area is 107 Å². The molecular formula is C13H11N3OS. The van der Waals surface area contributed by atoms with Crippen molar-refractivity contribution in [3.05, 3.63) is 40.3 Å². The molecule has 0 saturated heterocycles. The third-order valence-electron chi connectivity index (χ3n) is 2.96. The van der Waals surface area contributed by atoms with Crippen molar-refractivity contribution in [2.75, 3.05) is 5.73 Å². The number of hydrogen-bond donors (Lipinski definition) is 1. The van der Waals surface area contributed by atoms with Crippen LogP contribution in [0.25, 0.3) is 21.0 Å². The van der Waals surface area contributed by atoms with Gasteiger partial charge < -0.3 is 5.73 Å². The molecule has 0 saturated carbocycles. The molecule has 0 amide bonds. The number of benzene rings is 1. The van der Waals surface area contributed by atoms with E-state index >= 15 is 0 Å². The van der Waals surface area contributed by atoms with E-state index in [4.69, 9.17) is 5.73 Å². The zero-order valence-electron chi connectivity index (χ0n) is 9.80. The molecule has 3 aromatic rings. The van der Waals surface area contributed by atoms with Crippen LogP contribution in [0.15, 0.2) is 29.2 Å². The highest BCUT2D eigenvalue weighted by molar-refractivity contribution is 7.22. The van der Waals surface area contributed by atoms with E-state index in [0.29, 0.717) is 10.5 Å². The number of rotatable bonds is 1. The summed E-state index contributed by atoms with van der Waals surface area (Å²) in [4.78, 5) is 19.9. The summed E-state index contributed by atoms with van der Waals surface area (Å²) in [5.74, 6) is 0. The number of nitrogen functional groups attached to an aromatic ring is 1. The van der Waals surface area contributed by atoms with Crippen LogP contribution >= 0.6 is 11.3 Å². The van der Waals surface area contributed by atoms with Crippen LogP contribution in [0.3, 0.4) is 0 Å². The van der Waals surface area contributed by atoms with E-state index in [2.05, 4.69) is 23.0 Å². The number of nitrogens with two attached hydrogens (primary N) is 1. The molecule has 2 heterocycles. The average Bonchev–Trinajstić information content (AvgIpc) is 2.37. The van der Waals surface area contributed by atoms with Gasteiger partial charge in [-0.3, -0.25) is 9.78 Å². The molecule has 0 atom stereocenters. The van der Waals surface area contributed by atoms with Gasteiger partial charge in [0.25, 0.3) is 5.56 Å². The smallest absolute Gasteiger partial charge is 0.282 e. The topological polar surface area (TPSA) is 68.9 Å². The van der Waals surface area contributed by atoms with Crippen LogP contribution in [-0.4, -0.2) is 9.97 Å². The lowest BCUT2D eigenvalue weighted by Gasteiger charge is -2.05. The Kier molecular flexibility index (Phi) is 2.48. The Bertz CT molecular complexity index is 810. The molecule has 0 aliphatic carbocycles. The molecule has 1 aromatic carbocycles. The molecule has 0 fully saturated rings. The third-order valence-corrected chi connectivity index (χ3v) is 3.91. The first-order valence-electron chi connectivity index (χ1n) is 5.67. The zero-order chi connectivity index (χ0) is 12.7. The number of anilines is 1. The van der Waals surface area contributed by atoms with Crippen molar-refractivity contribution in [1.82, 2.24) is 9.97 Å². The predicted molar refractivity (Wildman–Crippen MR) is 75.0 cm³/mol. The van der Waals surface area contributed by atoms with Gasteiger partial charge in [-0.2, -0.15) is 4.98 Å². The number of hydrogen-bond acceptors (Lipinski definition) is 5. The van der Waals surface area contributed by atoms with Gasteiger partial charge in [0.2, 0.25) is 0 Å².